The zero-order valence-electron chi connectivity index (χ0n) is 64.6. The lowest BCUT2D eigenvalue weighted by molar-refractivity contribution is -0.219. The quantitative estimate of drug-likeness (QED) is 0.137. The summed E-state index contributed by atoms with van der Waals surface area (Å²) in [7, 11) is 11.2. The molecule has 0 aromatic carbocycles. The number of amides is 12. The van der Waals surface area contributed by atoms with E-state index >= 15 is 37.5 Å². The Hall–Kier alpha value is -7.01. The van der Waals surface area contributed by atoms with Gasteiger partial charge in [0.2, 0.25) is 70.9 Å². The number of halogens is 5. The Morgan fingerprint density at radius 1 is 0.648 bits per heavy atom. The molecule has 0 radical (unpaired) electrons. The molecule has 2 saturated heterocycles. The molecule has 12 amide bonds. The van der Waals surface area contributed by atoms with Crippen LogP contribution in [0.3, 0.4) is 0 Å². The highest BCUT2D eigenvalue weighted by molar-refractivity contribution is 6.01. The molecule has 3 heterocycles. The van der Waals surface area contributed by atoms with Crippen LogP contribution in [0.4, 0.5) is 22.0 Å². The van der Waals surface area contributed by atoms with Crippen molar-refractivity contribution in [3.05, 3.63) is 12.2 Å². The number of fused-ring (bicyclic) bond motifs is 3. The Bertz CT molecular complexity index is 3150. The highest BCUT2D eigenvalue weighted by Crippen LogP contribution is 2.50. The molecule has 30 heteroatoms. The molecule has 6 fully saturated rings. The van der Waals surface area contributed by atoms with Gasteiger partial charge in [-0.05, 0) is 113 Å². The smallest absolute Gasteiger partial charge is 0.377 e. The molecule has 1 spiro atoms. The summed E-state index contributed by atoms with van der Waals surface area (Å²) in [6, 6.07) is -10.6. The van der Waals surface area contributed by atoms with Crippen molar-refractivity contribution in [2.75, 3.05) is 89.2 Å². The monoisotopic (exact) mass is 1490 g/mol. The summed E-state index contributed by atoms with van der Waals surface area (Å²) < 4.78 is 79.0. The SMILES string of the molecule is CCC[C@H]1C(=O)N[C@@H]([C@@H](C)CC)C(=O)N(C)CC(=O)N(C)[C@H]2C/C=C\CCN(C2=O)[C@@H](CC2CCC(C)CC2)C(=O)N(C)CC(=O)N[C@@H](CCC2CC(F)C(C(F)(F)F)C(F)C2)C(=O)N2C[C@H](OCC)C[C@H]2C(=O)NC2(CC(C)(C)C2)C(=O)N(C)[C@@H](CC2CC2)C(=O)N(C)[C@H](C(=O)N(C)C)CC(=O)N1C. The fourth-order valence-electron chi connectivity index (χ4n) is 16.9. The van der Waals surface area contributed by atoms with Crippen molar-refractivity contribution < 1.29 is 84.2 Å². The van der Waals surface area contributed by atoms with Gasteiger partial charge >= 0.3 is 6.18 Å². The number of nitrogens with one attached hydrogen (secondary N) is 3. The minimum absolute atomic E-state index is 0.0139. The number of hydrogen-bond acceptors (Lipinski definition) is 13. The molecule has 0 aromatic rings. The van der Waals surface area contributed by atoms with Crippen molar-refractivity contribution in [1.29, 1.82) is 0 Å². The minimum atomic E-state index is -5.18. The largest absolute Gasteiger partial charge is 0.397 e. The lowest BCUT2D eigenvalue weighted by atomic mass is 9.58. The van der Waals surface area contributed by atoms with E-state index in [4.69, 9.17) is 4.74 Å². The molecule has 3 N–H and O–H groups in total. The van der Waals surface area contributed by atoms with Gasteiger partial charge in [-0.25, -0.2) is 8.78 Å². The van der Waals surface area contributed by atoms with E-state index in [0.717, 1.165) is 53.2 Å². The van der Waals surface area contributed by atoms with E-state index in [1.165, 1.54) is 85.8 Å². The molecule has 4 saturated carbocycles. The van der Waals surface area contributed by atoms with Gasteiger partial charge in [-0.15, -0.1) is 0 Å². The maximum atomic E-state index is 15.6. The first kappa shape index (κ1) is 85.2. The number of carbonyl (C=O) groups excluding carboxylic acids is 12. The summed E-state index contributed by atoms with van der Waals surface area (Å²) in [6.45, 7) is 11.6. The van der Waals surface area contributed by atoms with E-state index in [9.17, 15) is 41.9 Å². The van der Waals surface area contributed by atoms with Gasteiger partial charge < -0.3 is 64.8 Å². The van der Waals surface area contributed by atoms with Crippen LogP contribution in [0.25, 0.3) is 0 Å². The third-order valence-corrected chi connectivity index (χ3v) is 23.4. The van der Waals surface area contributed by atoms with Crippen LogP contribution in [-0.4, -0.2) is 283 Å². The van der Waals surface area contributed by atoms with Crippen LogP contribution in [0.5, 0.6) is 0 Å². The highest BCUT2D eigenvalue weighted by Gasteiger charge is 2.60. The van der Waals surface area contributed by atoms with Gasteiger partial charge in [0.1, 0.15) is 72.1 Å². The molecule has 7 rings (SSSR count). The average molecular weight is 1490 g/mol. The molecule has 25 nitrogen and oxygen atoms in total. The zero-order valence-corrected chi connectivity index (χ0v) is 64.6. The molecule has 7 aliphatic rings. The average Bonchev–Trinajstić information content (AvgIpc) is 1.18. The number of hydrogen-bond donors (Lipinski definition) is 3. The summed E-state index contributed by atoms with van der Waals surface area (Å²) in [5.74, 6) is -12.7. The van der Waals surface area contributed by atoms with Gasteiger partial charge in [-0.3, -0.25) is 57.5 Å². The topological polar surface area (TPSA) is 279 Å². The maximum absolute atomic E-state index is 15.6. The van der Waals surface area contributed by atoms with Crippen LogP contribution in [-0.2, 0) is 62.3 Å². The van der Waals surface area contributed by atoms with Crippen LogP contribution in [0.2, 0.25) is 0 Å². The minimum Gasteiger partial charge on any atom is -0.377 e. The predicted molar refractivity (Wildman–Crippen MR) is 381 cm³/mol. The van der Waals surface area contributed by atoms with Crippen molar-refractivity contribution in [3.63, 3.8) is 0 Å². The molecule has 2 unspecified atom stereocenters. The first-order valence-corrected chi connectivity index (χ1v) is 38.1. The molecule has 2 bridgehead atoms. The van der Waals surface area contributed by atoms with Gasteiger partial charge in [0.15, 0.2) is 0 Å². The van der Waals surface area contributed by atoms with E-state index < -0.39 is 211 Å². The van der Waals surface area contributed by atoms with Gasteiger partial charge in [0.05, 0.1) is 25.6 Å². The molecular weight excluding hydrogens is 1370 g/mol. The summed E-state index contributed by atoms with van der Waals surface area (Å²) in [5, 5.41) is 8.60. The number of nitrogens with zero attached hydrogens (tertiary/aromatic N) is 9. The van der Waals surface area contributed by atoms with Gasteiger partial charge in [-0.1, -0.05) is 105 Å². The molecule has 3 aliphatic heterocycles. The summed E-state index contributed by atoms with van der Waals surface area (Å²) >= 11 is 0. The van der Waals surface area contributed by atoms with E-state index in [1.807, 2.05) is 26.8 Å². The Balaban J connectivity index is 1.32. The number of alkyl halides is 5. The Kier molecular flexibility index (Phi) is 29.4. The van der Waals surface area contributed by atoms with Crippen LogP contribution in [0, 0.1) is 40.9 Å². The van der Waals surface area contributed by atoms with E-state index in [0.29, 0.717) is 25.2 Å². The number of rotatable bonds is 14. The molecular formula is C75H119F5N12O13. The van der Waals surface area contributed by atoms with E-state index in [2.05, 4.69) is 22.9 Å². The fraction of sp³-hybridized carbons (Fsp3) is 0.813. The molecule has 12 atom stereocenters. The second-order valence-corrected chi connectivity index (χ2v) is 32.6. The highest BCUT2D eigenvalue weighted by atomic mass is 19.4. The van der Waals surface area contributed by atoms with E-state index in [-0.39, 0.29) is 82.9 Å². The normalized spacial score (nSPS) is 32.6. The van der Waals surface area contributed by atoms with Crippen LogP contribution in [0.15, 0.2) is 12.2 Å². The Morgan fingerprint density at radius 3 is 1.81 bits per heavy atom. The molecule has 0 aromatic heterocycles. The van der Waals surface area contributed by atoms with Crippen molar-refractivity contribution in [2.45, 2.75) is 262 Å². The predicted octanol–water partition coefficient (Wildman–Crippen LogP) is 5.81. The van der Waals surface area contributed by atoms with Crippen LogP contribution >= 0.6 is 0 Å². The third-order valence-electron chi connectivity index (χ3n) is 23.4. The van der Waals surface area contributed by atoms with Crippen molar-refractivity contribution in [1.82, 2.24) is 60.0 Å². The van der Waals surface area contributed by atoms with Crippen LogP contribution < -0.4 is 16.0 Å². The maximum Gasteiger partial charge on any atom is 0.397 e. The fourth-order valence-corrected chi connectivity index (χ4v) is 16.9. The number of ether oxygens (including phenoxy) is 1. The third kappa shape index (κ3) is 21.0. The summed E-state index contributed by atoms with van der Waals surface area (Å²) in [4.78, 5) is 192. The number of likely N-dealkylation sites (N-methyl/N-ethyl adjacent to an activating group) is 7. The standard InChI is InChI=1S/C75H119F5N12O13/c1-16-22-53-64(96)82-63(45(5)17-2)71(103)86(11)41-61(95)88(13)54-23-20-19-21-32-91(70(54)102)58(36-46-26-24-44(4)25-27-46)68(100)85(10)40-59(93)81-52(31-30-48-33-50(76)62(51(77)34-48)75(78,79)80)66(98)92-39-49(105-18-3)37-55(92)65(97)83-74(42-73(6,7)43-74)72(104)90(15)56(35-47-28-29-47)69(101)89(14)57(67(99)84(8)9)38-60(94)87(53)12/h19-20,44-58,62-63H,16-18,21-43H2,1-15H3,(H,81,93)(H,82,96)(H,83,97)/b20-19-/t44?,45-,46?,48?,49+,50?,51?,52-,53-,54-,55-,56-,57-,58-,62?,63-/m0/s1. The number of carbonyl (C=O) groups is 12. The summed E-state index contributed by atoms with van der Waals surface area (Å²) in [6.07, 6.45) is -4.23. The lowest BCUT2D eigenvalue weighted by Crippen LogP contribution is -2.71. The van der Waals surface area contributed by atoms with Gasteiger partial charge in [-0.2, -0.15) is 13.2 Å². The van der Waals surface area contributed by atoms with Gasteiger partial charge in [0, 0.05) is 82.5 Å². The lowest BCUT2D eigenvalue weighted by Gasteiger charge is -2.54. The van der Waals surface area contributed by atoms with Crippen molar-refractivity contribution >= 4 is 70.9 Å². The molecule has 592 valence electrons. The Labute approximate surface area is 616 Å². The summed E-state index contributed by atoms with van der Waals surface area (Å²) in [5.41, 5.74) is -2.27. The molecule has 105 heavy (non-hydrogen) atoms. The van der Waals surface area contributed by atoms with Crippen molar-refractivity contribution in [2.24, 2.45) is 40.9 Å². The molecule has 4 aliphatic carbocycles. The van der Waals surface area contributed by atoms with Crippen LogP contribution in [0.1, 0.15) is 183 Å². The second kappa shape index (κ2) is 36.3. The zero-order chi connectivity index (χ0) is 78.1. The van der Waals surface area contributed by atoms with E-state index in [1.54, 1.807) is 26.8 Å². The first-order chi connectivity index (χ1) is 49.2. The second-order valence-electron chi connectivity index (χ2n) is 32.6. The van der Waals surface area contributed by atoms with Crippen molar-refractivity contribution in [3.8, 4) is 0 Å². The van der Waals surface area contributed by atoms with Gasteiger partial charge in [0.25, 0.3) is 0 Å². The Morgan fingerprint density at radius 2 is 1.25 bits per heavy atom. The first-order valence-electron chi connectivity index (χ1n) is 38.1.